The minimum Gasteiger partial charge on any atom is -0.373 e. The third-order valence-corrected chi connectivity index (χ3v) is 7.90. The Morgan fingerprint density at radius 1 is 1.09 bits per heavy atom. The van der Waals surface area contributed by atoms with Gasteiger partial charge in [-0.3, -0.25) is 4.98 Å². The molecule has 6 rings (SSSR count). The standard InChI is InChI=1S/C26H26Cl2N4O3/c27-21-4-1-5-22(28)23(21)24-20(25(35-31-24)15-6-7-15)14-34-19-11-17-8-9-18(12-19)32(17)26(33)30-16-3-2-10-29-13-16/h1-5,10,13,15,17-19H,6-9,11-12,14H2,(H,30,33). The van der Waals surface area contributed by atoms with Gasteiger partial charge in [0.15, 0.2) is 0 Å². The molecule has 2 bridgehead atoms. The fourth-order valence-corrected chi connectivity index (χ4v) is 6.05. The number of fused-ring (bicyclic) bond motifs is 2. The molecule has 3 fully saturated rings. The van der Waals surface area contributed by atoms with E-state index in [1.165, 1.54) is 0 Å². The van der Waals surface area contributed by atoms with Crippen molar-refractivity contribution < 1.29 is 14.1 Å². The van der Waals surface area contributed by atoms with Crippen LogP contribution < -0.4 is 5.32 Å². The maximum atomic E-state index is 13.0. The maximum absolute atomic E-state index is 13.0. The summed E-state index contributed by atoms with van der Waals surface area (Å²) in [4.78, 5) is 19.0. The van der Waals surface area contributed by atoms with Crippen molar-refractivity contribution in [3.05, 3.63) is 64.1 Å². The fraction of sp³-hybridized carbons (Fsp3) is 0.423. The highest BCUT2D eigenvalue weighted by Gasteiger charge is 2.44. The van der Waals surface area contributed by atoms with Gasteiger partial charge in [0.1, 0.15) is 11.5 Å². The molecule has 2 saturated heterocycles. The van der Waals surface area contributed by atoms with Crippen molar-refractivity contribution in [1.29, 1.82) is 0 Å². The summed E-state index contributed by atoms with van der Waals surface area (Å²) in [5, 5.41) is 8.43. The van der Waals surface area contributed by atoms with Gasteiger partial charge in [0.25, 0.3) is 0 Å². The second-order valence-electron chi connectivity index (χ2n) is 9.61. The summed E-state index contributed by atoms with van der Waals surface area (Å²) < 4.78 is 12.2. The highest BCUT2D eigenvalue weighted by molar-refractivity contribution is 6.39. The number of halogens is 2. The monoisotopic (exact) mass is 512 g/mol. The van der Waals surface area contributed by atoms with Crippen LogP contribution in [0.25, 0.3) is 11.3 Å². The number of ether oxygens (including phenoxy) is 1. The van der Waals surface area contributed by atoms with Crippen LogP contribution in [-0.4, -0.2) is 39.3 Å². The molecule has 0 spiro atoms. The highest BCUT2D eigenvalue weighted by Crippen LogP contribution is 2.46. The molecule has 2 atom stereocenters. The first-order valence-electron chi connectivity index (χ1n) is 12.1. The minimum atomic E-state index is -0.0605. The van der Waals surface area contributed by atoms with Gasteiger partial charge < -0.3 is 19.5 Å². The van der Waals surface area contributed by atoms with Crippen LogP contribution in [0.15, 0.2) is 47.2 Å². The number of hydrogen-bond acceptors (Lipinski definition) is 5. The number of nitrogens with one attached hydrogen (secondary N) is 1. The molecule has 2 unspecified atom stereocenters. The zero-order valence-electron chi connectivity index (χ0n) is 19.1. The lowest BCUT2D eigenvalue weighted by Crippen LogP contribution is -2.50. The number of amides is 2. The normalized spacial score (nSPS) is 23.5. The Kier molecular flexibility index (Phi) is 6.16. The van der Waals surface area contributed by atoms with Crippen LogP contribution in [0.4, 0.5) is 10.5 Å². The van der Waals surface area contributed by atoms with E-state index in [0.717, 1.165) is 49.8 Å². The van der Waals surface area contributed by atoms with Gasteiger partial charge in [0.2, 0.25) is 0 Å². The van der Waals surface area contributed by atoms with E-state index in [4.69, 9.17) is 32.5 Å². The van der Waals surface area contributed by atoms with Crippen molar-refractivity contribution in [1.82, 2.24) is 15.0 Å². The molecule has 1 N–H and O–H groups in total. The summed E-state index contributed by atoms with van der Waals surface area (Å²) in [5.74, 6) is 1.26. The fourth-order valence-electron chi connectivity index (χ4n) is 5.47. The van der Waals surface area contributed by atoms with Gasteiger partial charge in [-0.2, -0.15) is 0 Å². The number of benzene rings is 1. The lowest BCUT2D eigenvalue weighted by Gasteiger charge is -2.38. The number of piperidine rings is 1. The summed E-state index contributed by atoms with van der Waals surface area (Å²) in [6.07, 6.45) is 9.20. The second kappa shape index (κ2) is 9.45. The molecule has 3 aliphatic rings. The predicted molar refractivity (Wildman–Crippen MR) is 134 cm³/mol. The molecule has 2 aliphatic heterocycles. The summed E-state index contributed by atoms with van der Waals surface area (Å²) in [6, 6.07) is 9.37. The molecule has 35 heavy (non-hydrogen) atoms. The molecular weight excluding hydrogens is 487 g/mol. The SMILES string of the molecule is O=C(Nc1cccnc1)N1C2CCC1CC(OCc1c(-c3c(Cl)cccc3Cl)noc1C1CC1)C2. The molecule has 182 valence electrons. The Morgan fingerprint density at radius 3 is 2.49 bits per heavy atom. The van der Waals surface area contributed by atoms with E-state index >= 15 is 0 Å². The first-order chi connectivity index (χ1) is 17.1. The molecule has 1 aliphatic carbocycles. The van der Waals surface area contributed by atoms with Crippen molar-refractivity contribution in [2.75, 3.05) is 5.32 Å². The Labute approximate surface area is 213 Å². The lowest BCUT2D eigenvalue weighted by molar-refractivity contribution is -0.0158. The molecule has 3 aromatic rings. The largest absolute Gasteiger partial charge is 0.373 e. The van der Waals surface area contributed by atoms with Crippen LogP contribution in [0, 0.1) is 0 Å². The van der Waals surface area contributed by atoms with Crippen molar-refractivity contribution in [2.45, 2.75) is 69.2 Å². The topological polar surface area (TPSA) is 80.5 Å². The van der Waals surface area contributed by atoms with E-state index in [0.29, 0.717) is 39.5 Å². The predicted octanol–water partition coefficient (Wildman–Crippen LogP) is 6.66. The summed E-state index contributed by atoms with van der Waals surface area (Å²) in [5.41, 5.74) is 3.00. The van der Waals surface area contributed by atoms with Crippen LogP contribution in [0.2, 0.25) is 10.0 Å². The van der Waals surface area contributed by atoms with Gasteiger partial charge in [0.05, 0.1) is 34.6 Å². The first kappa shape index (κ1) is 22.8. The van der Waals surface area contributed by atoms with Gasteiger partial charge >= 0.3 is 6.03 Å². The van der Waals surface area contributed by atoms with Crippen LogP contribution >= 0.6 is 23.2 Å². The molecular formula is C26H26Cl2N4O3. The molecule has 2 aromatic heterocycles. The number of nitrogens with zero attached hydrogens (tertiary/aromatic N) is 3. The molecule has 7 nitrogen and oxygen atoms in total. The molecule has 1 aromatic carbocycles. The van der Waals surface area contributed by atoms with Gasteiger partial charge in [-0.1, -0.05) is 34.4 Å². The number of pyridine rings is 1. The van der Waals surface area contributed by atoms with Crippen molar-refractivity contribution in [2.24, 2.45) is 0 Å². The quantitative estimate of drug-likeness (QED) is 0.399. The summed E-state index contributed by atoms with van der Waals surface area (Å²) in [6.45, 7) is 0.387. The molecule has 0 radical (unpaired) electrons. The number of urea groups is 1. The average Bonchev–Trinajstić information content (AvgIpc) is 3.55. The molecule has 2 amide bonds. The van der Waals surface area contributed by atoms with Crippen molar-refractivity contribution in [3.8, 4) is 11.3 Å². The van der Waals surface area contributed by atoms with Crippen LogP contribution in [0.1, 0.15) is 55.8 Å². The molecule has 4 heterocycles. The molecule has 1 saturated carbocycles. The van der Waals surface area contributed by atoms with Crippen LogP contribution in [0.3, 0.4) is 0 Å². The number of aromatic nitrogens is 2. The Balaban J connectivity index is 1.16. The maximum Gasteiger partial charge on any atom is 0.322 e. The van der Waals surface area contributed by atoms with E-state index in [1.54, 1.807) is 12.4 Å². The highest BCUT2D eigenvalue weighted by atomic mass is 35.5. The van der Waals surface area contributed by atoms with E-state index < -0.39 is 0 Å². The number of rotatable bonds is 6. The van der Waals surface area contributed by atoms with Crippen molar-refractivity contribution >= 4 is 34.9 Å². The van der Waals surface area contributed by atoms with Gasteiger partial charge in [-0.25, -0.2) is 4.79 Å². The Hall–Kier alpha value is -2.61. The minimum absolute atomic E-state index is 0.0605. The Bertz CT molecular complexity index is 1200. The van der Waals surface area contributed by atoms with Crippen LogP contribution in [0.5, 0.6) is 0 Å². The van der Waals surface area contributed by atoms with Crippen LogP contribution in [-0.2, 0) is 11.3 Å². The third-order valence-electron chi connectivity index (χ3n) is 7.27. The number of carbonyl (C=O) groups excluding carboxylic acids is 1. The number of hydrogen-bond donors (Lipinski definition) is 1. The van der Waals surface area contributed by atoms with Crippen molar-refractivity contribution in [3.63, 3.8) is 0 Å². The average molecular weight is 513 g/mol. The van der Waals surface area contributed by atoms with Gasteiger partial charge in [-0.15, -0.1) is 0 Å². The Morgan fingerprint density at radius 2 is 1.83 bits per heavy atom. The summed E-state index contributed by atoms with van der Waals surface area (Å²) >= 11 is 13.0. The zero-order valence-corrected chi connectivity index (χ0v) is 20.6. The van der Waals surface area contributed by atoms with Gasteiger partial charge in [-0.05, 0) is 62.8 Å². The second-order valence-corrected chi connectivity index (χ2v) is 10.4. The summed E-state index contributed by atoms with van der Waals surface area (Å²) in [7, 11) is 0. The zero-order chi connectivity index (χ0) is 23.9. The third kappa shape index (κ3) is 4.53. The number of carbonyl (C=O) groups is 1. The molecule has 9 heteroatoms. The number of anilines is 1. The lowest BCUT2D eigenvalue weighted by atomic mass is 9.99. The first-order valence-corrected chi connectivity index (χ1v) is 12.9. The van der Waals surface area contributed by atoms with E-state index in [1.807, 2.05) is 35.2 Å². The van der Waals surface area contributed by atoms with E-state index in [9.17, 15) is 4.79 Å². The van der Waals surface area contributed by atoms with E-state index in [2.05, 4.69) is 15.5 Å². The smallest absolute Gasteiger partial charge is 0.322 e. The van der Waals surface area contributed by atoms with Gasteiger partial charge in [0, 0.05) is 35.3 Å². The van der Waals surface area contributed by atoms with E-state index in [-0.39, 0.29) is 24.2 Å².